The molecule has 0 aliphatic heterocycles. The van der Waals surface area contributed by atoms with Crippen molar-refractivity contribution in [3.8, 4) is 0 Å². The minimum Gasteiger partial charge on any atom is -0.355 e. The van der Waals surface area contributed by atoms with E-state index < -0.39 is 0 Å². The molecule has 0 aromatic heterocycles. The maximum atomic E-state index is 12.4. The number of nitrogens with two attached hydrogens (primary N) is 1. The summed E-state index contributed by atoms with van der Waals surface area (Å²) in [5.74, 6) is 3.93. The normalized spacial score (nSPS) is 39.2. The Morgan fingerprint density at radius 3 is 2.26 bits per heavy atom. The molecule has 0 aromatic rings. The Kier molecular flexibility index (Phi) is 3.36. The molecule has 3 fully saturated rings. The molecular weight excluding hydrogens is 236 g/mol. The lowest BCUT2D eigenvalue weighted by Crippen LogP contribution is -2.42. The first kappa shape index (κ1) is 13.4. The number of hydrogen-bond acceptors (Lipinski definition) is 2. The van der Waals surface area contributed by atoms with Crippen molar-refractivity contribution in [2.24, 2.45) is 40.7 Å². The standard InChI is InChI=1S/C16H28N2O/c1-3-16(4-2,8-17)9-18-15(19)14-12-10-5-6-11(7-10)13(12)14/h10-14H,3-9,17H2,1-2H3,(H,18,19). The van der Waals surface area contributed by atoms with Crippen molar-refractivity contribution in [2.45, 2.75) is 46.0 Å². The lowest BCUT2D eigenvalue weighted by molar-refractivity contribution is -0.123. The van der Waals surface area contributed by atoms with Crippen LogP contribution in [0, 0.1) is 35.0 Å². The third-order valence-electron chi connectivity index (χ3n) is 6.61. The summed E-state index contributed by atoms with van der Waals surface area (Å²) >= 11 is 0. The van der Waals surface area contributed by atoms with Crippen LogP contribution >= 0.6 is 0 Å². The smallest absolute Gasteiger partial charge is 0.223 e. The summed E-state index contributed by atoms with van der Waals surface area (Å²) in [5, 5.41) is 3.22. The van der Waals surface area contributed by atoms with Gasteiger partial charge in [-0.1, -0.05) is 13.8 Å². The highest BCUT2D eigenvalue weighted by molar-refractivity contribution is 5.82. The number of rotatable bonds is 6. The van der Waals surface area contributed by atoms with Crippen molar-refractivity contribution in [1.82, 2.24) is 5.32 Å². The predicted molar refractivity (Wildman–Crippen MR) is 76.4 cm³/mol. The van der Waals surface area contributed by atoms with Crippen LogP contribution in [0.4, 0.5) is 0 Å². The Hall–Kier alpha value is -0.570. The molecule has 3 aliphatic rings. The van der Waals surface area contributed by atoms with Gasteiger partial charge in [0.1, 0.15) is 0 Å². The van der Waals surface area contributed by atoms with Crippen LogP contribution in [-0.2, 0) is 4.79 Å². The van der Waals surface area contributed by atoms with Crippen molar-refractivity contribution in [1.29, 1.82) is 0 Å². The molecule has 0 heterocycles. The summed E-state index contributed by atoms with van der Waals surface area (Å²) in [5.41, 5.74) is 6.01. The molecular formula is C16H28N2O. The van der Waals surface area contributed by atoms with E-state index in [1.807, 2.05) is 0 Å². The number of carbonyl (C=O) groups is 1. The van der Waals surface area contributed by atoms with E-state index in [2.05, 4.69) is 19.2 Å². The fourth-order valence-corrected chi connectivity index (χ4v) is 4.93. The van der Waals surface area contributed by atoms with Gasteiger partial charge in [-0.15, -0.1) is 0 Å². The van der Waals surface area contributed by atoms with Crippen molar-refractivity contribution < 1.29 is 4.79 Å². The van der Waals surface area contributed by atoms with Crippen molar-refractivity contribution in [3.05, 3.63) is 0 Å². The second-order valence-electron chi connectivity index (χ2n) is 7.14. The fourth-order valence-electron chi connectivity index (χ4n) is 4.93. The van der Waals surface area contributed by atoms with E-state index in [0.717, 1.165) is 43.1 Å². The van der Waals surface area contributed by atoms with Crippen LogP contribution in [0.5, 0.6) is 0 Å². The van der Waals surface area contributed by atoms with Gasteiger partial charge in [-0.05, 0) is 67.7 Å². The van der Waals surface area contributed by atoms with Crippen molar-refractivity contribution >= 4 is 5.91 Å². The first-order chi connectivity index (χ1) is 9.15. The van der Waals surface area contributed by atoms with Crippen LogP contribution < -0.4 is 11.1 Å². The predicted octanol–water partition coefficient (Wildman–Crippen LogP) is 2.16. The van der Waals surface area contributed by atoms with Crippen molar-refractivity contribution in [2.75, 3.05) is 13.1 Å². The molecule has 1 amide bonds. The number of fused-ring (bicyclic) bond motifs is 5. The highest BCUT2D eigenvalue weighted by Gasteiger charge is 2.67. The molecule has 3 rings (SSSR count). The quantitative estimate of drug-likeness (QED) is 0.772. The molecule has 4 unspecified atom stereocenters. The van der Waals surface area contributed by atoms with Gasteiger partial charge in [0.15, 0.2) is 0 Å². The topological polar surface area (TPSA) is 55.1 Å². The van der Waals surface area contributed by atoms with Gasteiger partial charge >= 0.3 is 0 Å². The van der Waals surface area contributed by atoms with Crippen LogP contribution in [0.2, 0.25) is 0 Å². The van der Waals surface area contributed by atoms with E-state index in [1.54, 1.807) is 0 Å². The largest absolute Gasteiger partial charge is 0.355 e. The molecule has 2 bridgehead atoms. The van der Waals surface area contributed by atoms with Gasteiger partial charge in [-0.25, -0.2) is 0 Å². The zero-order chi connectivity index (χ0) is 13.6. The molecule has 19 heavy (non-hydrogen) atoms. The molecule has 0 saturated heterocycles. The third kappa shape index (κ3) is 2.01. The molecule has 0 radical (unpaired) electrons. The second-order valence-corrected chi connectivity index (χ2v) is 7.14. The van der Waals surface area contributed by atoms with Crippen LogP contribution in [-0.4, -0.2) is 19.0 Å². The number of hydrogen-bond donors (Lipinski definition) is 2. The van der Waals surface area contributed by atoms with Gasteiger partial charge < -0.3 is 11.1 Å². The zero-order valence-electron chi connectivity index (χ0n) is 12.3. The minimum atomic E-state index is 0.110. The summed E-state index contributed by atoms with van der Waals surface area (Å²) in [6.45, 7) is 5.78. The fraction of sp³-hybridized carbons (Fsp3) is 0.938. The molecule has 3 aliphatic carbocycles. The summed E-state index contributed by atoms with van der Waals surface area (Å²) in [4.78, 5) is 12.4. The van der Waals surface area contributed by atoms with Crippen LogP contribution in [0.25, 0.3) is 0 Å². The second kappa shape index (κ2) is 4.76. The molecule has 0 spiro atoms. The van der Waals surface area contributed by atoms with Gasteiger partial charge in [0.25, 0.3) is 0 Å². The van der Waals surface area contributed by atoms with E-state index in [4.69, 9.17) is 5.73 Å². The van der Waals surface area contributed by atoms with Crippen LogP contribution in [0.3, 0.4) is 0 Å². The van der Waals surface area contributed by atoms with E-state index in [1.165, 1.54) is 19.3 Å². The van der Waals surface area contributed by atoms with Gasteiger partial charge in [0.2, 0.25) is 5.91 Å². The summed E-state index contributed by atoms with van der Waals surface area (Å²) in [7, 11) is 0. The molecule has 3 heteroatoms. The highest BCUT2D eigenvalue weighted by Crippen LogP contribution is 2.69. The lowest BCUT2D eigenvalue weighted by Gasteiger charge is -2.30. The highest BCUT2D eigenvalue weighted by atomic mass is 16.2. The van der Waals surface area contributed by atoms with Crippen LogP contribution in [0.1, 0.15) is 46.0 Å². The molecule has 0 aromatic carbocycles. The molecule has 3 N–H and O–H groups in total. The first-order valence-corrected chi connectivity index (χ1v) is 8.13. The molecule has 108 valence electrons. The molecule has 3 nitrogen and oxygen atoms in total. The Morgan fingerprint density at radius 1 is 1.21 bits per heavy atom. The number of carbonyl (C=O) groups excluding carboxylic acids is 1. The van der Waals surface area contributed by atoms with Gasteiger partial charge in [-0.2, -0.15) is 0 Å². The summed E-state index contributed by atoms with van der Waals surface area (Å²) in [6.07, 6.45) is 6.26. The minimum absolute atomic E-state index is 0.110. The number of amides is 1. The zero-order valence-corrected chi connectivity index (χ0v) is 12.3. The van der Waals surface area contributed by atoms with Crippen molar-refractivity contribution in [3.63, 3.8) is 0 Å². The lowest BCUT2D eigenvalue weighted by atomic mass is 9.82. The van der Waals surface area contributed by atoms with E-state index in [0.29, 0.717) is 18.4 Å². The Balaban J connectivity index is 1.53. The summed E-state index contributed by atoms with van der Waals surface area (Å²) < 4.78 is 0. The average molecular weight is 264 g/mol. The Labute approximate surface area is 116 Å². The maximum absolute atomic E-state index is 12.4. The molecule has 4 atom stereocenters. The van der Waals surface area contributed by atoms with Crippen LogP contribution in [0.15, 0.2) is 0 Å². The van der Waals surface area contributed by atoms with Gasteiger partial charge in [-0.3, -0.25) is 4.79 Å². The Bertz CT molecular complexity index is 339. The van der Waals surface area contributed by atoms with Gasteiger partial charge in [0, 0.05) is 12.5 Å². The number of nitrogens with one attached hydrogen (secondary N) is 1. The molecule has 3 saturated carbocycles. The van der Waals surface area contributed by atoms with E-state index in [9.17, 15) is 4.79 Å². The van der Waals surface area contributed by atoms with E-state index in [-0.39, 0.29) is 5.41 Å². The Morgan fingerprint density at radius 2 is 1.79 bits per heavy atom. The third-order valence-corrected chi connectivity index (χ3v) is 6.61. The summed E-state index contributed by atoms with van der Waals surface area (Å²) in [6, 6.07) is 0. The monoisotopic (exact) mass is 264 g/mol. The maximum Gasteiger partial charge on any atom is 0.223 e. The first-order valence-electron chi connectivity index (χ1n) is 8.13. The SMILES string of the molecule is CCC(CC)(CN)CNC(=O)C1C2C3CCC(C3)C12. The van der Waals surface area contributed by atoms with E-state index >= 15 is 0 Å². The van der Waals surface area contributed by atoms with Gasteiger partial charge in [0.05, 0.1) is 0 Å². The average Bonchev–Trinajstić information content (AvgIpc) is 2.89.